The van der Waals surface area contributed by atoms with Crippen LogP contribution >= 0.6 is 0 Å². The van der Waals surface area contributed by atoms with Gasteiger partial charge in [0.05, 0.1) is 25.2 Å². The Hall–Kier alpha value is -3.55. The van der Waals surface area contributed by atoms with Crippen LogP contribution < -0.4 is 15.0 Å². The van der Waals surface area contributed by atoms with E-state index < -0.39 is 6.10 Å². The smallest absolute Gasteiger partial charge is 0.233 e. The number of hydrogen-bond acceptors (Lipinski definition) is 6. The molecule has 3 atom stereocenters. The van der Waals surface area contributed by atoms with Crippen LogP contribution in [0.1, 0.15) is 55.0 Å². The van der Waals surface area contributed by atoms with E-state index >= 15 is 0 Å². The van der Waals surface area contributed by atoms with Crippen LogP contribution in [-0.4, -0.2) is 30.3 Å². The number of rotatable bonds is 12. The van der Waals surface area contributed by atoms with Crippen molar-refractivity contribution in [1.29, 1.82) is 0 Å². The van der Waals surface area contributed by atoms with Crippen molar-refractivity contribution in [3.63, 3.8) is 0 Å². The van der Waals surface area contributed by atoms with Crippen LogP contribution in [0.25, 0.3) is 0 Å². The first kappa shape index (κ1) is 25.1. The highest BCUT2D eigenvalue weighted by Crippen LogP contribution is 2.46. The number of aliphatic hydroxyl groups excluding tert-OH is 1. The molecule has 0 radical (unpaired) electrons. The van der Waals surface area contributed by atoms with Gasteiger partial charge in [0, 0.05) is 18.7 Å². The molecule has 3 aromatic carbocycles. The molecule has 2 heterocycles. The quantitative estimate of drug-likeness (QED) is 0.252. The lowest BCUT2D eigenvalue weighted by Gasteiger charge is -2.48. The van der Waals surface area contributed by atoms with Crippen molar-refractivity contribution in [3.05, 3.63) is 95.6 Å². The summed E-state index contributed by atoms with van der Waals surface area (Å²) in [7, 11) is 1.65. The Kier molecular flexibility index (Phi) is 7.35. The fourth-order valence-corrected chi connectivity index (χ4v) is 5.00. The second-order valence-corrected chi connectivity index (χ2v) is 10.0. The van der Waals surface area contributed by atoms with E-state index in [2.05, 4.69) is 27.7 Å². The summed E-state index contributed by atoms with van der Waals surface area (Å²) in [5.74, 6) is 0.691. The Morgan fingerprint density at radius 3 is 2.38 bits per heavy atom. The number of benzene rings is 3. The van der Waals surface area contributed by atoms with Crippen molar-refractivity contribution in [1.82, 2.24) is 5.32 Å². The molecule has 5 rings (SSSR count). The Morgan fingerprint density at radius 1 is 1.03 bits per heavy atom. The molecule has 0 spiro atoms. The molecule has 0 aliphatic carbocycles. The van der Waals surface area contributed by atoms with Gasteiger partial charge in [-0.3, -0.25) is 4.79 Å². The zero-order valence-corrected chi connectivity index (χ0v) is 21.4. The fraction of sp³-hybridized carbons (Fsp3) is 0.367. The molecule has 2 aliphatic rings. The van der Waals surface area contributed by atoms with Gasteiger partial charge >= 0.3 is 0 Å². The zero-order chi connectivity index (χ0) is 25.8. The molecule has 2 N–H and O–H groups in total. The first-order valence-electron chi connectivity index (χ1n) is 12.9. The molecular weight excluding hydrogens is 464 g/mol. The summed E-state index contributed by atoms with van der Waals surface area (Å²) in [5, 5.41) is 22.2. The largest absolute Gasteiger partial charge is 0.497 e. The molecule has 1 fully saturated rings. The van der Waals surface area contributed by atoms with E-state index in [1.165, 1.54) is 0 Å². The van der Waals surface area contributed by atoms with E-state index in [-0.39, 0.29) is 23.5 Å². The molecule has 1 saturated heterocycles. The van der Waals surface area contributed by atoms with Gasteiger partial charge in [0.15, 0.2) is 5.66 Å². The van der Waals surface area contributed by atoms with E-state index in [1.807, 2.05) is 78.6 Å². The van der Waals surface area contributed by atoms with Gasteiger partial charge in [-0.2, -0.15) is 10.2 Å². The highest BCUT2D eigenvalue weighted by Gasteiger charge is 2.48. The maximum atomic E-state index is 13.4. The summed E-state index contributed by atoms with van der Waals surface area (Å²) in [4.78, 5) is 15.3. The van der Waals surface area contributed by atoms with Crippen LogP contribution in [0.2, 0.25) is 0 Å². The highest BCUT2D eigenvalue weighted by atomic mass is 16.5. The van der Waals surface area contributed by atoms with Crippen molar-refractivity contribution < 1.29 is 14.6 Å². The second kappa shape index (κ2) is 10.8. The minimum absolute atomic E-state index is 0.0860. The predicted molar refractivity (Wildman–Crippen MR) is 143 cm³/mol. The summed E-state index contributed by atoms with van der Waals surface area (Å²) in [5.41, 5.74) is 3.81. The van der Waals surface area contributed by atoms with Crippen molar-refractivity contribution in [3.8, 4) is 5.75 Å². The van der Waals surface area contributed by atoms with Gasteiger partial charge in [0.2, 0.25) is 5.91 Å². The SMILES string of the molecule is COc1ccc([C@@H]2C(CC[C@H](O)c3ccccc3)C(=O)N2c2ccc(CNCCC3(C)N=N3)cc2)cc1. The van der Waals surface area contributed by atoms with Crippen LogP contribution in [0.3, 0.4) is 0 Å². The lowest BCUT2D eigenvalue weighted by Crippen LogP contribution is -2.55. The standard InChI is InChI=1S/C30H34N4O3/c1-30(32-33-30)18-19-31-20-21-8-12-24(13-9-21)34-28(23-10-14-25(37-2)15-11-23)26(29(34)36)16-17-27(35)22-6-4-3-5-7-22/h3-15,26-28,31,35H,16-20H2,1-2H3/t26?,27-,28+/m0/s1. The molecule has 1 unspecified atom stereocenters. The van der Waals surface area contributed by atoms with E-state index in [0.29, 0.717) is 12.8 Å². The molecule has 0 aromatic heterocycles. The molecule has 7 nitrogen and oxygen atoms in total. The number of hydrogen-bond donors (Lipinski definition) is 2. The van der Waals surface area contributed by atoms with Gasteiger partial charge < -0.3 is 20.1 Å². The minimum Gasteiger partial charge on any atom is -0.497 e. The average molecular weight is 499 g/mol. The number of carbonyl (C=O) groups is 1. The number of ether oxygens (including phenoxy) is 1. The van der Waals surface area contributed by atoms with Crippen LogP contribution in [0.15, 0.2) is 89.1 Å². The van der Waals surface area contributed by atoms with Gasteiger partial charge in [0.25, 0.3) is 0 Å². The number of carbonyl (C=O) groups excluding carboxylic acids is 1. The molecule has 7 heteroatoms. The number of nitrogens with zero attached hydrogens (tertiary/aromatic N) is 3. The third-order valence-electron chi connectivity index (χ3n) is 7.37. The molecular formula is C30H34N4O3. The Bertz CT molecular complexity index is 1220. The summed E-state index contributed by atoms with van der Waals surface area (Å²) < 4.78 is 5.33. The van der Waals surface area contributed by atoms with Gasteiger partial charge in [-0.25, -0.2) is 0 Å². The molecule has 2 aliphatic heterocycles. The van der Waals surface area contributed by atoms with Crippen molar-refractivity contribution >= 4 is 11.6 Å². The van der Waals surface area contributed by atoms with E-state index in [1.54, 1.807) is 7.11 Å². The second-order valence-electron chi connectivity index (χ2n) is 10.0. The molecule has 3 aromatic rings. The summed E-state index contributed by atoms with van der Waals surface area (Å²) >= 11 is 0. The number of methoxy groups -OCH3 is 1. The van der Waals surface area contributed by atoms with Gasteiger partial charge in [-0.15, -0.1) is 0 Å². The van der Waals surface area contributed by atoms with Crippen LogP contribution in [0, 0.1) is 5.92 Å². The number of amides is 1. The van der Waals surface area contributed by atoms with Crippen molar-refractivity contribution in [2.24, 2.45) is 16.1 Å². The monoisotopic (exact) mass is 498 g/mol. The lowest BCUT2D eigenvalue weighted by atomic mass is 9.78. The molecule has 0 bridgehead atoms. The minimum atomic E-state index is -0.587. The molecule has 1 amide bonds. The third-order valence-corrected chi connectivity index (χ3v) is 7.37. The Labute approximate surface area is 218 Å². The topological polar surface area (TPSA) is 86.5 Å². The van der Waals surface area contributed by atoms with Gasteiger partial charge in [-0.1, -0.05) is 54.6 Å². The van der Waals surface area contributed by atoms with Crippen molar-refractivity contribution in [2.75, 3.05) is 18.6 Å². The third kappa shape index (κ3) is 5.73. The molecule has 0 saturated carbocycles. The molecule has 192 valence electrons. The first-order valence-corrected chi connectivity index (χ1v) is 12.9. The summed E-state index contributed by atoms with van der Waals surface area (Å²) in [6.07, 6.45) is 1.46. The van der Waals surface area contributed by atoms with Gasteiger partial charge in [-0.05, 0) is 67.3 Å². The van der Waals surface area contributed by atoms with Crippen molar-refractivity contribution in [2.45, 2.75) is 50.5 Å². The maximum absolute atomic E-state index is 13.4. The summed E-state index contributed by atoms with van der Waals surface area (Å²) in [6, 6.07) is 25.7. The fourth-order valence-electron chi connectivity index (χ4n) is 5.00. The van der Waals surface area contributed by atoms with Crippen LogP contribution in [0.5, 0.6) is 5.75 Å². The predicted octanol–water partition coefficient (Wildman–Crippen LogP) is 5.57. The Balaban J connectivity index is 1.27. The summed E-state index contributed by atoms with van der Waals surface area (Å²) in [6.45, 7) is 3.64. The van der Waals surface area contributed by atoms with E-state index in [4.69, 9.17) is 4.74 Å². The number of aliphatic hydroxyl groups is 1. The zero-order valence-electron chi connectivity index (χ0n) is 21.4. The lowest BCUT2D eigenvalue weighted by molar-refractivity contribution is -0.131. The van der Waals surface area contributed by atoms with E-state index in [0.717, 1.165) is 47.6 Å². The number of nitrogens with one attached hydrogen (secondary N) is 1. The van der Waals surface area contributed by atoms with Crippen LogP contribution in [0.4, 0.5) is 5.69 Å². The van der Waals surface area contributed by atoms with Crippen LogP contribution in [-0.2, 0) is 11.3 Å². The van der Waals surface area contributed by atoms with Gasteiger partial charge in [0.1, 0.15) is 5.75 Å². The van der Waals surface area contributed by atoms with E-state index in [9.17, 15) is 9.90 Å². The number of anilines is 1. The molecule has 37 heavy (non-hydrogen) atoms. The Morgan fingerprint density at radius 2 is 1.73 bits per heavy atom. The first-order chi connectivity index (χ1) is 18.0. The normalized spacial score (nSPS) is 20.4. The average Bonchev–Trinajstić information content (AvgIpc) is 3.68. The highest BCUT2D eigenvalue weighted by molar-refractivity contribution is 6.03. The number of β-lactam (4-membered cyclic amide) rings is 1. The maximum Gasteiger partial charge on any atom is 0.233 e.